The Morgan fingerprint density at radius 3 is 2.30 bits per heavy atom. The van der Waals surface area contributed by atoms with Crippen LogP contribution in [0.4, 0.5) is 8.78 Å². The molecule has 4 heteroatoms. The van der Waals surface area contributed by atoms with Gasteiger partial charge in [-0.25, -0.2) is 8.78 Å². The summed E-state index contributed by atoms with van der Waals surface area (Å²) in [6.45, 7) is 3.98. The molecule has 0 spiro atoms. The highest BCUT2D eigenvalue weighted by molar-refractivity contribution is 5.91. The molecule has 23 heavy (non-hydrogen) atoms. The Balaban J connectivity index is 1.99. The summed E-state index contributed by atoms with van der Waals surface area (Å²) in [6, 6.07) is 12.7. The molecule has 0 bridgehead atoms. The van der Waals surface area contributed by atoms with Crippen LogP contribution in [-0.4, -0.2) is 12.5 Å². The van der Waals surface area contributed by atoms with E-state index in [2.05, 4.69) is 5.32 Å². The molecule has 0 atom stereocenters. The van der Waals surface area contributed by atoms with E-state index in [4.69, 9.17) is 0 Å². The fraction of sp³-hybridized carbons (Fsp3) is 0.211. The number of carbonyl (C=O) groups excluding carboxylic acids is 1. The average Bonchev–Trinajstić information content (AvgIpc) is 2.52. The predicted molar refractivity (Wildman–Crippen MR) is 87.9 cm³/mol. The molecule has 1 N–H and O–H groups in total. The van der Waals surface area contributed by atoms with Gasteiger partial charge in [0.15, 0.2) is 0 Å². The van der Waals surface area contributed by atoms with Crippen molar-refractivity contribution in [3.05, 3.63) is 77.4 Å². The molecule has 0 aromatic heterocycles. The minimum Gasteiger partial charge on any atom is -0.352 e. The lowest BCUT2D eigenvalue weighted by Crippen LogP contribution is -2.36. The first-order valence-electron chi connectivity index (χ1n) is 7.35. The van der Waals surface area contributed by atoms with Crippen molar-refractivity contribution in [2.75, 3.05) is 6.54 Å². The number of nitrogens with one attached hydrogen (secondary N) is 1. The lowest BCUT2D eigenvalue weighted by molar-refractivity contribution is -0.116. The molecule has 2 aromatic rings. The largest absolute Gasteiger partial charge is 0.352 e. The van der Waals surface area contributed by atoms with Gasteiger partial charge in [0.1, 0.15) is 11.6 Å². The Morgan fingerprint density at radius 2 is 1.65 bits per heavy atom. The zero-order chi connectivity index (χ0) is 16.9. The van der Waals surface area contributed by atoms with E-state index < -0.39 is 5.41 Å². The molecule has 0 unspecified atom stereocenters. The standard InChI is InChI=1S/C19H19F2NO/c1-19(2,15-8-4-6-10-17(15)21)13-22-18(23)12-11-14-7-3-5-9-16(14)20/h3-12H,13H2,1-2H3,(H,22,23)/b12-11+. The topological polar surface area (TPSA) is 29.1 Å². The van der Waals surface area contributed by atoms with E-state index in [1.165, 1.54) is 24.3 Å². The van der Waals surface area contributed by atoms with Crippen molar-refractivity contribution in [3.63, 3.8) is 0 Å². The van der Waals surface area contributed by atoms with E-state index in [0.717, 1.165) is 0 Å². The normalized spacial score (nSPS) is 11.7. The van der Waals surface area contributed by atoms with Gasteiger partial charge < -0.3 is 5.32 Å². The molecule has 0 heterocycles. The van der Waals surface area contributed by atoms with Crippen molar-refractivity contribution in [1.29, 1.82) is 0 Å². The number of carbonyl (C=O) groups is 1. The summed E-state index contributed by atoms with van der Waals surface area (Å²) in [4.78, 5) is 11.9. The van der Waals surface area contributed by atoms with Gasteiger partial charge in [0, 0.05) is 23.6 Å². The van der Waals surface area contributed by atoms with Gasteiger partial charge in [-0.3, -0.25) is 4.79 Å². The Morgan fingerprint density at radius 1 is 1.04 bits per heavy atom. The number of benzene rings is 2. The van der Waals surface area contributed by atoms with Crippen LogP contribution in [0.25, 0.3) is 6.08 Å². The fourth-order valence-electron chi connectivity index (χ4n) is 2.25. The quantitative estimate of drug-likeness (QED) is 0.828. The smallest absolute Gasteiger partial charge is 0.244 e. The maximum absolute atomic E-state index is 13.9. The minimum absolute atomic E-state index is 0.272. The number of rotatable bonds is 5. The average molecular weight is 315 g/mol. The van der Waals surface area contributed by atoms with Crippen LogP contribution in [0, 0.1) is 11.6 Å². The molecule has 0 aliphatic carbocycles. The van der Waals surface area contributed by atoms with E-state index >= 15 is 0 Å². The number of hydrogen-bond donors (Lipinski definition) is 1. The molecule has 0 radical (unpaired) electrons. The highest BCUT2D eigenvalue weighted by Gasteiger charge is 2.24. The molecule has 120 valence electrons. The Hall–Kier alpha value is -2.49. The fourth-order valence-corrected chi connectivity index (χ4v) is 2.25. The molecule has 0 saturated heterocycles. The van der Waals surface area contributed by atoms with Crippen molar-refractivity contribution >= 4 is 12.0 Å². The summed E-state index contributed by atoms with van der Waals surface area (Å²) in [7, 11) is 0. The minimum atomic E-state index is -0.549. The third-order valence-electron chi connectivity index (χ3n) is 3.63. The van der Waals surface area contributed by atoms with Crippen molar-refractivity contribution in [1.82, 2.24) is 5.32 Å². The predicted octanol–water partition coefficient (Wildman–Crippen LogP) is 4.07. The van der Waals surface area contributed by atoms with Gasteiger partial charge in [-0.05, 0) is 23.8 Å². The van der Waals surface area contributed by atoms with Crippen molar-refractivity contribution < 1.29 is 13.6 Å². The van der Waals surface area contributed by atoms with Crippen LogP contribution in [-0.2, 0) is 10.2 Å². The maximum atomic E-state index is 13.9. The van der Waals surface area contributed by atoms with Crippen LogP contribution in [0.1, 0.15) is 25.0 Å². The van der Waals surface area contributed by atoms with Crippen molar-refractivity contribution in [3.8, 4) is 0 Å². The molecule has 0 saturated carbocycles. The lowest BCUT2D eigenvalue weighted by atomic mass is 9.84. The van der Waals surface area contributed by atoms with Gasteiger partial charge in [-0.2, -0.15) is 0 Å². The molecule has 0 aliphatic heterocycles. The van der Waals surface area contributed by atoms with E-state index in [-0.39, 0.29) is 24.1 Å². The second-order valence-corrected chi connectivity index (χ2v) is 5.94. The monoisotopic (exact) mass is 315 g/mol. The van der Waals surface area contributed by atoms with Crippen LogP contribution >= 0.6 is 0 Å². The Labute approximate surface area is 134 Å². The highest BCUT2D eigenvalue weighted by atomic mass is 19.1. The van der Waals surface area contributed by atoms with Gasteiger partial charge in [0.05, 0.1) is 0 Å². The molecular formula is C19H19F2NO. The summed E-state index contributed by atoms with van der Waals surface area (Å²) in [5.41, 5.74) is 0.335. The molecule has 2 aromatic carbocycles. The van der Waals surface area contributed by atoms with Gasteiger partial charge in [0.2, 0.25) is 5.91 Å². The molecule has 2 nitrogen and oxygen atoms in total. The first-order valence-corrected chi connectivity index (χ1v) is 7.35. The first-order chi connectivity index (χ1) is 10.9. The second kappa shape index (κ2) is 7.18. The SMILES string of the molecule is CC(C)(CNC(=O)/C=C/c1ccccc1F)c1ccccc1F. The Bertz CT molecular complexity index is 723. The third-order valence-corrected chi connectivity index (χ3v) is 3.63. The summed E-state index contributed by atoms with van der Waals surface area (Å²) < 4.78 is 27.3. The zero-order valence-electron chi connectivity index (χ0n) is 13.1. The van der Waals surface area contributed by atoms with Gasteiger partial charge in [0.25, 0.3) is 0 Å². The maximum Gasteiger partial charge on any atom is 0.244 e. The summed E-state index contributed by atoms with van der Waals surface area (Å²) in [6.07, 6.45) is 2.69. The molecule has 2 rings (SSSR count). The van der Waals surface area contributed by atoms with Gasteiger partial charge in [-0.1, -0.05) is 50.2 Å². The van der Waals surface area contributed by atoms with E-state index in [1.54, 1.807) is 36.4 Å². The van der Waals surface area contributed by atoms with Crippen LogP contribution in [0.15, 0.2) is 54.6 Å². The first kappa shape index (κ1) is 16.9. The highest BCUT2D eigenvalue weighted by Crippen LogP contribution is 2.24. The van der Waals surface area contributed by atoms with Crippen molar-refractivity contribution in [2.45, 2.75) is 19.3 Å². The number of hydrogen-bond acceptors (Lipinski definition) is 1. The third kappa shape index (κ3) is 4.49. The van der Waals surface area contributed by atoms with Crippen LogP contribution in [0.2, 0.25) is 0 Å². The molecular weight excluding hydrogens is 296 g/mol. The number of amides is 1. The van der Waals surface area contributed by atoms with E-state index in [1.807, 2.05) is 13.8 Å². The zero-order valence-corrected chi connectivity index (χ0v) is 13.1. The van der Waals surface area contributed by atoms with Gasteiger partial charge in [-0.15, -0.1) is 0 Å². The summed E-state index contributed by atoms with van der Waals surface area (Å²) in [5.74, 6) is -1.03. The van der Waals surface area contributed by atoms with E-state index in [0.29, 0.717) is 11.1 Å². The summed E-state index contributed by atoms with van der Waals surface area (Å²) >= 11 is 0. The van der Waals surface area contributed by atoms with Crippen LogP contribution < -0.4 is 5.32 Å². The van der Waals surface area contributed by atoms with Crippen LogP contribution in [0.5, 0.6) is 0 Å². The number of halogens is 2. The lowest BCUT2D eigenvalue weighted by Gasteiger charge is -2.25. The Kier molecular flexibility index (Phi) is 5.27. The summed E-state index contributed by atoms with van der Waals surface area (Å²) in [5, 5.41) is 2.72. The molecule has 0 aliphatic rings. The second-order valence-electron chi connectivity index (χ2n) is 5.94. The molecule has 1 amide bonds. The molecule has 0 fully saturated rings. The van der Waals surface area contributed by atoms with E-state index in [9.17, 15) is 13.6 Å². The van der Waals surface area contributed by atoms with Crippen LogP contribution in [0.3, 0.4) is 0 Å². The van der Waals surface area contributed by atoms with Crippen molar-refractivity contribution in [2.24, 2.45) is 0 Å². The van der Waals surface area contributed by atoms with Gasteiger partial charge >= 0.3 is 0 Å².